The number of hydrogen-bond acceptors (Lipinski definition) is 7. The fourth-order valence-electron chi connectivity index (χ4n) is 2.70. The molecule has 138 valence electrons. The van der Waals surface area contributed by atoms with Crippen LogP contribution >= 0.6 is 11.8 Å². The van der Waals surface area contributed by atoms with E-state index in [2.05, 4.69) is 4.98 Å². The summed E-state index contributed by atoms with van der Waals surface area (Å²) in [5.41, 5.74) is 0.104. The van der Waals surface area contributed by atoms with Gasteiger partial charge < -0.3 is 5.11 Å². The number of aryl methyl sites for hydroxylation is 1. The molecule has 0 unspecified atom stereocenters. The highest BCUT2D eigenvalue weighted by atomic mass is 32.2. The summed E-state index contributed by atoms with van der Waals surface area (Å²) in [6, 6.07) is 7.03. The van der Waals surface area contributed by atoms with Gasteiger partial charge in [-0.15, -0.1) is 0 Å². The van der Waals surface area contributed by atoms with Gasteiger partial charge in [-0.05, 0) is 30.7 Å². The number of anilines is 1. The van der Waals surface area contributed by atoms with Gasteiger partial charge >= 0.3 is 5.97 Å². The van der Waals surface area contributed by atoms with Crippen molar-refractivity contribution in [2.45, 2.75) is 23.6 Å². The maximum Gasteiger partial charge on any atom is 0.338 e. The molecule has 1 aliphatic rings. The molecule has 0 radical (unpaired) electrons. The molecule has 2 heterocycles. The lowest BCUT2D eigenvalue weighted by atomic mass is 10.2. The molecular formula is C17H13N3O6S. The molecule has 1 aliphatic heterocycles. The van der Waals surface area contributed by atoms with Crippen LogP contribution in [-0.2, 0) is 9.59 Å². The number of hydrogen-bond donors (Lipinski definition) is 1. The van der Waals surface area contributed by atoms with Gasteiger partial charge in [0.2, 0.25) is 11.8 Å². The smallest absolute Gasteiger partial charge is 0.338 e. The fourth-order valence-corrected chi connectivity index (χ4v) is 3.81. The molecule has 9 nitrogen and oxygen atoms in total. The highest BCUT2D eigenvalue weighted by molar-refractivity contribution is 8.00. The molecule has 0 saturated carbocycles. The van der Waals surface area contributed by atoms with Crippen LogP contribution in [0.1, 0.15) is 22.3 Å². The Kier molecular flexibility index (Phi) is 4.91. The van der Waals surface area contributed by atoms with Crippen LogP contribution in [0.15, 0.2) is 41.6 Å². The molecular weight excluding hydrogens is 374 g/mol. The van der Waals surface area contributed by atoms with Gasteiger partial charge in [-0.25, -0.2) is 14.7 Å². The average molecular weight is 387 g/mol. The van der Waals surface area contributed by atoms with Crippen molar-refractivity contribution in [3.8, 4) is 0 Å². The number of benzene rings is 1. The summed E-state index contributed by atoms with van der Waals surface area (Å²) in [5, 5.41) is 19.7. The number of rotatable bonds is 5. The number of nitro benzene ring substituents is 1. The Hall–Kier alpha value is -3.27. The Morgan fingerprint density at radius 1 is 1.37 bits per heavy atom. The lowest BCUT2D eigenvalue weighted by Gasteiger charge is -2.15. The van der Waals surface area contributed by atoms with Gasteiger partial charge in [-0.2, -0.15) is 0 Å². The van der Waals surface area contributed by atoms with Crippen LogP contribution < -0.4 is 4.90 Å². The molecule has 3 rings (SSSR count). The number of carbonyl (C=O) groups excluding carboxylic acids is 2. The van der Waals surface area contributed by atoms with Gasteiger partial charge in [0.15, 0.2) is 0 Å². The molecule has 1 N–H and O–H groups in total. The third-order valence-electron chi connectivity index (χ3n) is 3.93. The summed E-state index contributed by atoms with van der Waals surface area (Å²) in [6.45, 7) is 1.66. The number of thioether (sulfide) groups is 1. The van der Waals surface area contributed by atoms with Crippen LogP contribution in [0.5, 0.6) is 0 Å². The molecule has 1 saturated heterocycles. The highest BCUT2D eigenvalue weighted by Gasteiger charge is 2.43. The maximum absolute atomic E-state index is 12.7. The van der Waals surface area contributed by atoms with Gasteiger partial charge in [0.05, 0.1) is 15.7 Å². The maximum atomic E-state index is 12.7. The predicted octanol–water partition coefficient (Wildman–Crippen LogP) is 2.42. The van der Waals surface area contributed by atoms with Gasteiger partial charge in [0.1, 0.15) is 10.7 Å². The number of aromatic nitrogens is 1. The van der Waals surface area contributed by atoms with E-state index in [1.54, 1.807) is 13.0 Å². The Balaban J connectivity index is 1.93. The second kappa shape index (κ2) is 7.16. The predicted molar refractivity (Wildman–Crippen MR) is 95.8 cm³/mol. The first-order valence-corrected chi connectivity index (χ1v) is 8.64. The van der Waals surface area contributed by atoms with E-state index in [4.69, 9.17) is 0 Å². The Labute approximate surface area is 157 Å². The van der Waals surface area contributed by atoms with Crippen LogP contribution in [0.4, 0.5) is 11.4 Å². The quantitative estimate of drug-likeness (QED) is 0.470. The van der Waals surface area contributed by atoms with Gasteiger partial charge in [-0.1, -0.05) is 17.8 Å². The number of imide groups is 1. The minimum absolute atomic E-state index is 0.0810. The summed E-state index contributed by atoms with van der Waals surface area (Å²) in [4.78, 5) is 51.9. The summed E-state index contributed by atoms with van der Waals surface area (Å²) in [5.74, 6) is -2.43. The van der Waals surface area contributed by atoms with E-state index < -0.39 is 28.0 Å². The zero-order valence-corrected chi connectivity index (χ0v) is 14.8. The summed E-state index contributed by atoms with van der Waals surface area (Å²) in [7, 11) is 0. The van der Waals surface area contributed by atoms with Crippen molar-refractivity contribution in [2.24, 2.45) is 0 Å². The number of nitro groups is 1. The first-order chi connectivity index (χ1) is 12.8. The molecule has 0 bridgehead atoms. The normalized spacial score (nSPS) is 16.6. The minimum atomic E-state index is -1.20. The summed E-state index contributed by atoms with van der Waals surface area (Å²) < 4.78 is 0. The van der Waals surface area contributed by atoms with Gasteiger partial charge in [-0.3, -0.25) is 19.7 Å². The molecule has 1 fully saturated rings. The van der Waals surface area contributed by atoms with Gasteiger partial charge in [0.25, 0.3) is 5.69 Å². The Bertz CT molecular complexity index is 977. The van der Waals surface area contributed by atoms with E-state index in [9.17, 15) is 29.6 Å². The van der Waals surface area contributed by atoms with Crippen LogP contribution in [0, 0.1) is 17.0 Å². The highest BCUT2D eigenvalue weighted by Crippen LogP contribution is 2.38. The van der Waals surface area contributed by atoms with Crippen LogP contribution in [0.2, 0.25) is 0 Å². The summed E-state index contributed by atoms with van der Waals surface area (Å²) >= 11 is 0.860. The monoisotopic (exact) mass is 387 g/mol. The lowest BCUT2D eigenvalue weighted by Crippen LogP contribution is -2.31. The second-order valence-corrected chi connectivity index (χ2v) is 6.98. The molecule has 2 aromatic rings. The Morgan fingerprint density at radius 2 is 2.11 bits per heavy atom. The van der Waals surface area contributed by atoms with E-state index in [0.29, 0.717) is 5.56 Å². The van der Waals surface area contributed by atoms with Crippen molar-refractivity contribution in [1.29, 1.82) is 0 Å². The zero-order chi connectivity index (χ0) is 19.7. The second-order valence-electron chi connectivity index (χ2n) is 5.79. The van der Waals surface area contributed by atoms with Crippen molar-refractivity contribution in [2.75, 3.05) is 4.90 Å². The number of carbonyl (C=O) groups is 3. The molecule has 0 aliphatic carbocycles. The van der Waals surface area contributed by atoms with Crippen molar-refractivity contribution in [3.63, 3.8) is 0 Å². The van der Waals surface area contributed by atoms with Crippen LogP contribution in [0.3, 0.4) is 0 Å². The van der Waals surface area contributed by atoms with E-state index in [-0.39, 0.29) is 28.4 Å². The largest absolute Gasteiger partial charge is 0.478 e. The van der Waals surface area contributed by atoms with E-state index >= 15 is 0 Å². The van der Waals surface area contributed by atoms with Crippen molar-refractivity contribution < 1.29 is 24.4 Å². The van der Waals surface area contributed by atoms with Crippen molar-refractivity contribution in [3.05, 3.63) is 57.8 Å². The number of aromatic carboxylic acids is 1. The van der Waals surface area contributed by atoms with E-state index in [1.165, 1.54) is 30.5 Å². The van der Waals surface area contributed by atoms with E-state index in [1.807, 2.05) is 0 Å². The SMILES string of the molecule is Cc1ccc(N2C(=O)C[C@H](Sc3ncccc3C(=O)O)C2=O)c([N+](=O)[O-])c1. The number of carboxylic acids is 1. The third kappa shape index (κ3) is 3.51. The minimum Gasteiger partial charge on any atom is -0.478 e. The molecule has 2 amide bonds. The standard InChI is InChI=1S/C17H13N3O6S/c1-9-4-5-11(12(7-9)20(25)26)19-14(21)8-13(16(19)22)27-15-10(17(23)24)3-2-6-18-15/h2-7,13H,8H2,1H3,(H,23,24)/t13-/m0/s1. The van der Waals surface area contributed by atoms with Crippen LogP contribution in [0.25, 0.3) is 0 Å². The molecule has 1 aromatic heterocycles. The molecule has 10 heteroatoms. The molecule has 27 heavy (non-hydrogen) atoms. The van der Waals surface area contributed by atoms with Crippen molar-refractivity contribution >= 4 is 40.9 Å². The molecule has 1 aromatic carbocycles. The summed E-state index contributed by atoms with van der Waals surface area (Å²) in [6.07, 6.45) is 1.18. The number of carboxylic acid groups (broad SMARTS) is 1. The topological polar surface area (TPSA) is 131 Å². The number of nitrogens with zero attached hydrogens (tertiary/aromatic N) is 3. The van der Waals surface area contributed by atoms with Gasteiger partial charge in [0, 0.05) is 18.7 Å². The molecule has 0 spiro atoms. The molecule has 1 atom stereocenters. The number of pyridine rings is 1. The first kappa shape index (κ1) is 18.5. The fraction of sp³-hybridized carbons (Fsp3) is 0.176. The average Bonchev–Trinajstić information content (AvgIpc) is 2.89. The first-order valence-electron chi connectivity index (χ1n) is 7.76. The van der Waals surface area contributed by atoms with Crippen LogP contribution in [-0.4, -0.2) is 38.0 Å². The third-order valence-corrected chi connectivity index (χ3v) is 5.13. The number of amides is 2. The van der Waals surface area contributed by atoms with E-state index in [0.717, 1.165) is 16.7 Å². The van der Waals surface area contributed by atoms with Crippen molar-refractivity contribution in [1.82, 2.24) is 4.98 Å². The zero-order valence-electron chi connectivity index (χ0n) is 14.0. The lowest BCUT2D eigenvalue weighted by molar-refractivity contribution is -0.384. The Morgan fingerprint density at radius 3 is 2.78 bits per heavy atom.